The average Bonchev–Trinajstić information content (AvgIpc) is 2.31. The van der Waals surface area contributed by atoms with Crippen LogP contribution in [0.5, 0.6) is 0 Å². The van der Waals surface area contributed by atoms with Crippen molar-refractivity contribution in [3.63, 3.8) is 0 Å². The van der Waals surface area contributed by atoms with Crippen molar-refractivity contribution in [2.45, 2.75) is 44.9 Å². The van der Waals surface area contributed by atoms with Crippen LogP contribution in [0.1, 0.15) is 43.7 Å². The predicted molar refractivity (Wildman–Crippen MR) is 67.0 cm³/mol. The van der Waals surface area contributed by atoms with Gasteiger partial charge in [-0.25, -0.2) is 0 Å². The molecule has 0 radical (unpaired) electrons. The van der Waals surface area contributed by atoms with E-state index in [1.165, 1.54) is 5.56 Å². The second-order valence-corrected chi connectivity index (χ2v) is 4.94. The van der Waals surface area contributed by atoms with Crippen molar-refractivity contribution in [3.05, 3.63) is 35.4 Å². The van der Waals surface area contributed by atoms with Crippen molar-refractivity contribution in [1.82, 2.24) is 0 Å². The first-order valence-electron chi connectivity index (χ1n) is 6.20. The fraction of sp³-hybridized carbons (Fsp3) is 0.467. The number of carbonyl (C=O) groups excluding carboxylic acids is 2. The zero-order chi connectivity index (χ0) is 12.5. The van der Waals surface area contributed by atoms with Gasteiger partial charge in [0, 0.05) is 6.42 Å². The summed E-state index contributed by atoms with van der Waals surface area (Å²) < 4.78 is 0. The van der Waals surface area contributed by atoms with Gasteiger partial charge in [-0.05, 0) is 25.3 Å². The fourth-order valence-corrected chi connectivity index (χ4v) is 2.68. The molecule has 1 aromatic rings. The van der Waals surface area contributed by atoms with Crippen molar-refractivity contribution >= 4 is 11.6 Å². The maximum atomic E-state index is 12.2. The third kappa shape index (κ3) is 2.04. The van der Waals surface area contributed by atoms with Crippen LogP contribution < -0.4 is 0 Å². The van der Waals surface area contributed by atoms with Gasteiger partial charge >= 0.3 is 0 Å². The Morgan fingerprint density at radius 1 is 1.18 bits per heavy atom. The van der Waals surface area contributed by atoms with Crippen LogP contribution in [0.4, 0.5) is 0 Å². The number of benzene rings is 1. The first kappa shape index (κ1) is 12.0. The summed E-state index contributed by atoms with van der Waals surface area (Å²) in [5, 5.41) is 0. The highest BCUT2D eigenvalue weighted by atomic mass is 16.2. The lowest BCUT2D eigenvalue weighted by atomic mass is 9.66. The van der Waals surface area contributed by atoms with Gasteiger partial charge in [0.2, 0.25) is 0 Å². The maximum Gasteiger partial charge on any atom is 0.150 e. The van der Waals surface area contributed by atoms with Gasteiger partial charge < -0.3 is 0 Å². The molecule has 2 nitrogen and oxygen atoms in total. The highest BCUT2D eigenvalue weighted by Gasteiger charge is 2.42. The Morgan fingerprint density at radius 3 is 2.35 bits per heavy atom. The number of carbonyl (C=O) groups is 2. The van der Waals surface area contributed by atoms with E-state index < -0.39 is 5.41 Å². The summed E-state index contributed by atoms with van der Waals surface area (Å²) in [7, 11) is 0. The normalized spacial score (nSPS) is 25.1. The van der Waals surface area contributed by atoms with Crippen molar-refractivity contribution in [2.75, 3.05) is 0 Å². The lowest BCUT2D eigenvalue weighted by molar-refractivity contribution is -0.134. The SMILES string of the molecule is CC[C@@]1(c2ccc(C)cc2)CCC(=O)CC1=O. The van der Waals surface area contributed by atoms with Crippen LogP contribution in [0.2, 0.25) is 0 Å². The third-order valence-corrected chi connectivity index (χ3v) is 3.93. The molecular formula is C15H18O2. The van der Waals surface area contributed by atoms with E-state index in [2.05, 4.69) is 0 Å². The van der Waals surface area contributed by atoms with Crippen molar-refractivity contribution in [2.24, 2.45) is 0 Å². The monoisotopic (exact) mass is 230 g/mol. The first-order chi connectivity index (χ1) is 8.08. The molecule has 1 fully saturated rings. The van der Waals surface area contributed by atoms with E-state index in [4.69, 9.17) is 0 Å². The Kier molecular flexibility index (Phi) is 3.14. The molecule has 0 spiro atoms. The van der Waals surface area contributed by atoms with Gasteiger partial charge in [-0.1, -0.05) is 36.8 Å². The summed E-state index contributed by atoms with van der Waals surface area (Å²) in [5.74, 6) is 0.186. The Labute approximate surface area is 102 Å². The summed E-state index contributed by atoms with van der Waals surface area (Å²) in [5.41, 5.74) is 1.85. The molecule has 0 aromatic heterocycles. The Morgan fingerprint density at radius 2 is 1.82 bits per heavy atom. The quantitative estimate of drug-likeness (QED) is 0.732. The van der Waals surface area contributed by atoms with Crippen molar-refractivity contribution < 1.29 is 9.59 Å². The molecule has 0 unspecified atom stereocenters. The molecule has 0 N–H and O–H groups in total. The van der Waals surface area contributed by atoms with E-state index in [-0.39, 0.29) is 18.0 Å². The summed E-state index contributed by atoms with van der Waals surface area (Å²) in [4.78, 5) is 23.6. The maximum absolute atomic E-state index is 12.2. The van der Waals surface area contributed by atoms with Crippen LogP contribution in [0.25, 0.3) is 0 Å². The molecule has 1 aliphatic rings. The Balaban J connectivity index is 2.40. The van der Waals surface area contributed by atoms with Gasteiger partial charge in [0.25, 0.3) is 0 Å². The minimum atomic E-state index is -0.415. The lowest BCUT2D eigenvalue weighted by Crippen LogP contribution is -2.40. The van der Waals surface area contributed by atoms with Crippen LogP contribution >= 0.6 is 0 Å². The molecule has 1 aromatic carbocycles. The minimum absolute atomic E-state index is 0.0891. The Bertz CT molecular complexity index is 444. The van der Waals surface area contributed by atoms with Crippen LogP contribution in [0, 0.1) is 6.92 Å². The molecule has 1 atom stereocenters. The van der Waals surface area contributed by atoms with Gasteiger partial charge in [0.1, 0.15) is 5.78 Å². The zero-order valence-electron chi connectivity index (χ0n) is 10.5. The summed E-state index contributed by atoms with van der Waals surface area (Å²) in [6, 6.07) is 8.14. The molecule has 0 aliphatic heterocycles. The molecule has 0 bridgehead atoms. The molecule has 1 aliphatic carbocycles. The average molecular weight is 230 g/mol. The Hall–Kier alpha value is -1.44. The number of rotatable bonds is 2. The van der Waals surface area contributed by atoms with Crippen molar-refractivity contribution in [3.8, 4) is 0 Å². The highest BCUT2D eigenvalue weighted by Crippen LogP contribution is 2.38. The minimum Gasteiger partial charge on any atom is -0.299 e. The van der Waals surface area contributed by atoms with Crippen molar-refractivity contribution in [1.29, 1.82) is 0 Å². The summed E-state index contributed by atoms with van der Waals surface area (Å²) >= 11 is 0. The lowest BCUT2D eigenvalue weighted by Gasteiger charge is -2.34. The third-order valence-electron chi connectivity index (χ3n) is 3.93. The van der Waals surface area contributed by atoms with E-state index in [0.717, 1.165) is 12.0 Å². The highest BCUT2D eigenvalue weighted by molar-refractivity contribution is 6.06. The largest absolute Gasteiger partial charge is 0.299 e. The molecular weight excluding hydrogens is 212 g/mol. The summed E-state index contributed by atoms with van der Waals surface area (Å²) in [6.45, 7) is 4.07. The number of ketones is 2. The second-order valence-electron chi connectivity index (χ2n) is 4.94. The van der Waals surface area contributed by atoms with Gasteiger partial charge in [-0.2, -0.15) is 0 Å². The van der Waals surface area contributed by atoms with Gasteiger partial charge in [0.05, 0.1) is 11.8 Å². The predicted octanol–water partition coefficient (Wildman–Crippen LogP) is 2.96. The standard InChI is InChI=1S/C15H18O2/c1-3-15(9-8-13(16)10-14(15)17)12-6-4-11(2)5-7-12/h4-7H,3,8-10H2,1-2H3/t15-/m0/s1. The smallest absolute Gasteiger partial charge is 0.150 e. The van der Waals surface area contributed by atoms with Gasteiger partial charge in [-0.3, -0.25) is 9.59 Å². The van der Waals surface area contributed by atoms with Crippen LogP contribution in [0.3, 0.4) is 0 Å². The van der Waals surface area contributed by atoms with Crippen LogP contribution in [-0.2, 0) is 15.0 Å². The number of aryl methyl sites for hydroxylation is 1. The molecule has 2 rings (SSSR count). The van der Waals surface area contributed by atoms with E-state index >= 15 is 0 Å². The number of Topliss-reactive ketones (excluding diaryl/α,β-unsaturated/α-hetero) is 2. The van der Waals surface area contributed by atoms with Crippen LogP contribution in [-0.4, -0.2) is 11.6 Å². The molecule has 0 heterocycles. The topological polar surface area (TPSA) is 34.1 Å². The zero-order valence-corrected chi connectivity index (χ0v) is 10.5. The molecule has 17 heavy (non-hydrogen) atoms. The molecule has 2 heteroatoms. The molecule has 90 valence electrons. The van der Waals surface area contributed by atoms with E-state index in [1.54, 1.807) is 0 Å². The molecule has 1 saturated carbocycles. The van der Waals surface area contributed by atoms with Gasteiger partial charge in [-0.15, -0.1) is 0 Å². The van der Waals surface area contributed by atoms with E-state index in [1.807, 2.05) is 38.1 Å². The number of hydrogen-bond acceptors (Lipinski definition) is 2. The van der Waals surface area contributed by atoms with Gasteiger partial charge in [0.15, 0.2) is 5.78 Å². The fourth-order valence-electron chi connectivity index (χ4n) is 2.68. The van der Waals surface area contributed by atoms with Crippen LogP contribution in [0.15, 0.2) is 24.3 Å². The van der Waals surface area contributed by atoms with E-state index in [0.29, 0.717) is 12.8 Å². The first-order valence-corrected chi connectivity index (χ1v) is 6.20. The number of hydrogen-bond donors (Lipinski definition) is 0. The molecule has 0 saturated heterocycles. The second kappa shape index (κ2) is 4.44. The summed E-state index contributed by atoms with van der Waals surface area (Å²) in [6.07, 6.45) is 2.10. The molecule has 0 amide bonds. The van der Waals surface area contributed by atoms with E-state index in [9.17, 15) is 9.59 Å².